The fourth-order valence-electron chi connectivity index (χ4n) is 1.25. The maximum atomic E-state index is 6.99. The minimum Gasteiger partial charge on any atom is -0.308 e. The van der Waals surface area contributed by atoms with Gasteiger partial charge in [-0.3, -0.25) is 4.85 Å². The molecule has 0 radical (unpaired) electrons. The molecule has 2 heteroatoms. The molecule has 0 amide bonds. The first-order valence-electron chi connectivity index (χ1n) is 4.71. The predicted octanol–water partition coefficient (Wildman–Crippen LogP) is 2.85. The largest absolute Gasteiger partial charge is 0.337 e. The van der Waals surface area contributed by atoms with Crippen LogP contribution in [0.25, 0.3) is 4.85 Å². The van der Waals surface area contributed by atoms with Gasteiger partial charge in [0.2, 0.25) is 0 Å². The summed E-state index contributed by atoms with van der Waals surface area (Å²) in [4.78, 5) is 3.55. The maximum Gasteiger partial charge on any atom is 0.337 e. The average molecular weight is 167 g/mol. The summed E-state index contributed by atoms with van der Waals surface area (Å²) in [5.41, 5.74) is -0.408. The second kappa shape index (κ2) is 3.91. The Morgan fingerprint density at radius 3 is 2.50 bits per heavy atom. The van der Waals surface area contributed by atoms with Crippen molar-refractivity contribution in [3.63, 3.8) is 0 Å². The van der Waals surface area contributed by atoms with E-state index >= 15 is 0 Å². The molecule has 1 fully saturated rings. The van der Waals surface area contributed by atoms with Gasteiger partial charge in [-0.05, 0) is 18.8 Å². The predicted molar refractivity (Wildman–Crippen MR) is 48.6 cm³/mol. The Hall–Kier alpha value is -0.550. The molecule has 0 atom stereocenters. The maximum absolute atomic E-state index is 6.99. The van der Waals surface area contributed by atoms with Gasteiger partial charge in [0.25, 0.3) is 0 Å². The van der Waals surface area contributed by atoms with Crippen LogP contribution in [-0.4, -0.2) is 12.3 Å². The van der Waals surface area contributed by atoms with Gasteiger partial charge in [0, 0.05) is 0 Å². The fraction of sp³-hybridized carbons (Fsp3) is 0.900. The van der Waals surface area contributed by atoms with Crippen LogP contribution in [0.5, 0.6) is 0 Å². The molecule has 0 aromatic carbocycles. The van der Waals surface area contributed by atoms with Crippen molar-refractivity contribution in [2.24, 2.45) is 5.92 Å². The van der Waals surface area contributed by atoms with E-state index in [2.05, 4.69) is 18.7 Å². The van der Waals surface area contributed by atoms with Gasteiger partial charge in [0.15, 0.2) is 0 Å². The summed E-state index contributed by atoms with van der Waals surface area (Å²) in [6.07, 6.45) is 4.10. The molecule has 0 unspecified atom stereocenters. The first kappa shape index (κ1) is 9.54. The first-order valence-corrected chi connectivity index (χ1v) is 4.71. The highest BCUT2D eigenvalue weighted by molar-refractivity contribution is 4.97. The van der Waals surface area contributed by atoms with Crippen molar-refractivity contribution in [3.05, 3.63) is 11.4 Å². The van der Waals surface area contributed by atoms with E-state index in [-0.39, 0.29) is 0 Å². The Morgan fingerprint density at radius 1 is 1.50 bits per heavy atom. The van der Waals surface area contributed by atoms with Gasteiger partial charge in [-0.25, -0.2) is 6.57 Å². The zero-order chi connectivity index (χ0) is 9.03. The topological polar surface area (TPSA) is 13.6 Å². The standard InChI is InChI=1S/C10H17NO/c1-9(2)5-8-12-10(11-3)6-4-7-10/h9H,4-8H2,1-2H3. The van der Waals surface area contributed by atoms with E-state index in [4.69, 9.17) is 11.3 Å². The normalized spacial score (nSPS) is 20.2. The molecule has 0 heterocycles. The molecular weight excluding hydrogens is 150 g/mol. The molecule has 0 aromatic rings. The van der Waals surface area contributed by atoms with Crippen molar-refractivity contribution in [1.82, 2.24) is 0 Å². The van der Waals surface area contributed by atoms with Crippen LogP contribution >= 0.6 is 0 Å². The lowest BCUT2D eigenvalue weighted by Crippen LogP contribution is -2.36. The third-order valence-electron chi connectivity index (χ3n) is 2.40. The van der Waals surface area contributed by atoms with Crippen molar-refractivity contribution in [1.29, 1.82) is 0 Å². The number of hydrogen-bond donors (Lipinski definition) is 0. The van der Waals surface area contributed by atoms with Gasteiger partial charge in [0.05, 0.1) is 19.4 Å². The third kappa shape index (κ3) is 2.22. The van der Waals surface area contributed by atoms with Crippen molar-refractivity contribution in [3.8, 4) is 0 Å². The Bertz CT molecular complexity index is 177. The first-order chi connectivity index (χ1) is 5.68. The molecule has 1 saturated carbocycles. The highest BCUT2D eigenvalue weighted by Gasteiger charge is 2.44. The van der Waals surface area contributed by atoms with Gasteiger partial charge in [-0.1, -0.05) is 13.8 Å². The van der Waals surface area contributed by atoms with Gasteiger partial charge in [0.1, 0.15) is 0 Å². The Kier molecular flexibility index (Phi) is 3.11. The molecule has 0 spiro atoms. The van der Waals surface area contributed by atoms with E-state index in [1.165, 1.54) is 0 Å². The summed E-state index contributed by atoms with van der Waals surface area (Å²) in [7, 11) is 0. The zero-order valence-corrected chi connectivity index (χ0v) is 7.97. The van der Waals surface area contributed by atoms with Crippen LogP contribution in [0.1, 0.15) is 39.5 Å². The lowest BCUT2D eigenvalue weighted by Gasteiger charge is -2.29. The number of nitrogens with zero attached hydrogens (tertiary/aromatic N) is 1. The van der Waals surface area contributed by atoms with Crippen molar-refractivity contribution >= 4 is 0 Å². The highest BCUT2D eigenvalue weighted by atomic mass is 16.5. The molecule has 12 heavy (non-hydrogen) atoms. The number of ether oxygens (including phenoxy) is 1. The number of rotatable bonds is 4. The van der Waals surface area contributed by atoms with Crippen LogP contribution in [0.15, 0.2) is 0 Å². The second-order valence-electron chi connectivity index (χ2n) is 3.94. The summed E-state index contributed by atoms with van der Waals surface area (Å²) >= 11 is 0. The summed E-state index contributed by atoms with van der Waals surface area (Å²) in [6, 6.07) is 0. The van der Waals surface area contributed by atoms with Gasteiger partial charge < -0.3 is 4.74 Å². The fourth-order valence-corrected chi connectivity index (χ4v) is 1.25. The van der Waals surface area contributed by atoms with Crippen LogP contribution < -0.4 is 0 Å². The van der Waals surface area contributed by atoms with Crippen molar-refractivity contribution in [2.45, 2.75) is 45.3 Å². The Morgan fingerprint density at radius 2 is 2.17 bits per heavy atom. The van der Waals surface area contributed by atoms with E-state index in [9.17, 15) is 0 Å². The average Bonchev–Trinajstić information content (AvgIpc) is 1.94. The lowest BCUT2D eigenvalue weighted by atomic mass is 9.89. The summed E-state index contributed by atoms with van der Waals surface area (Å²) in [5.74, 6) is 0.674. The highest BCUT2D eigenvalue weighted by Crippen LogP contribution is 2.37. The molecular formula is C10H17NO. The minimum absolute atomic E-state index is 0.408. The Balaban J connectivity index is 2.18. The van der Waals surface area contributed by atoms with E-state index in [1.807, 2.05) is 0 Å². The molecule has 68 valence electrons. The van der Waals surface area contributed by atoms with Crippen molar-refractivity contribution < 1.29 is 4.74 Å². The third-order valence-corrected chi connectivity index (χ3v) is 2.40. The van der Waals surface area contributed by atoms with Gasteiger partial charge >= 0.3 is 5.72 Å². The summed E-state index contributed by atoms with van der Waals surface area (Å²) < 4.78 is 5.57. The van der Waals surface area contributed by atoms with Gasteiger partial charge in [-0.2, -0.15) is 0 Å². The summed E-state index contributed by atoms with van der Waals surface area (Å²) in [5, 5.41) is 0. The van der Waals surface area contributed by atoms with Crippen LogP contribution in [0.4, 0.5) is 0 Å². The van der Waals surface area contributed by atoms with E-state index < -0.39 is 5.72 Å². The molecule has 1 aliphatic rings. The van der Waals surface area contributed by atoms with Crippen molar-refractivity contribution in [2.75, 3.05) is 6.61 Å². The second-order valence-corrected chi connectivity index (χ2v) is 3.94. The van der Waals surface area contributed by atoms with Crippen LogP contribution in [0.2, 0.25) is 0 Å². The van der Waals surface area contributed by atoms with Crippen LogP contribution in [0, 0.1) is 12.5 Å². The molecule has 0 saturated heterocycles. The van der Waals surface area contributed by atoms with E-state index in [1.54, 1.807) is 0 Å². The molecule has 0 aromatic heterocycles. The van der Waals surface area contributed by atoms with Crippen LogP contribution in [-0.2, 0) is 4.74 Å². The molecule has 0 aliphatic heterocycles. The monoisotopic (exact) mass is 167 g/mol. The number of hydrogen-bond acceptors (Lipinski definition) is 1. The van der Waals surface area contributed by atoms with E-state index in [0.717, 1.165) is 32.3 Å². The van der Waals surface area contributed by atoms with Crippen LogP contribution in [0.3, 0.4) is 0 Å². The smallest absolute Gasteiger partial charge is 0.308 e. The SMILES string of the molecule is [C-]#[N+]C1(OCCC(C)C)CCC1. The zero-order valence-electron chi connectivity index (χ0n) is 7.97. The lowest BCUT2D eigenvalue weighted by molar-refractivity contribution is -0.0674. The molecule has 1 aliphatic carbocycles. The molecule has 2 nitrogen and oxygen atoms in total. The molecule has 1 rings (SSSR count). The minimum atomic E-state index is -0.408. The quantitative estimate of drug-likeness (QED) is 0.587. The Labute approximate surface area is 74.7 Å². The molecule has 0 bridgehead atoms. The van der Waals surface area contributed by atoms with E-state index in [0.29, 0.717) is 5.92 Å². The molecule has 0 N–H and O–H groups in total. The van der Waals surface area contributed by atoms with Gasteiger partial charge in [-0.15, -0.1) is 0 Å². The summed E-state index contributed by atoms with van der Waals surface area (Å²) in [6.45, 7) is 12.1.